The van der Waals surface area contributed by atoms with Crippen molar-refractivity contribution >= 4 is 34.4 Å². The lowest BCUT2D eigenvalue weighted by molar-refractivity contribution is -0.121. The molecule has 226 valence electrons. The molecule has 1 fully saturated rings. The van der Waals surface area contributed by atoms with Crippen molar-refractivity contribution in [1.29, 1.82) is 0 Å². The first-order valence-electron chi connectivity index (χ1n) is 15.5. The molecule has 1 amide bonds. The molecule has 1 saturated heterocycles. The number of para-hydroxylation sites is 2. The highest BCUT2D eigenvalue weighted by Gasteiger charge is 2.70. The normalized spacial score (nSPS) is 22.9. The minimum absolute atomic E-state index is 0.214. The van der Waals surface area contributed by atoms with Gasteiger partial charge in [0.05, 0.1) is 19.1 Å². The van der Waals surface area contributed by atoms with Crippen LogP contribution in [0.5, 0.6) is 5.75 Å². The second kappa shape index (κ2) is 10.9. The highest BCUT2D eigenvalue weighted by molar-refractivity contribution is 6.18. The Morgan fingerprint density at radius 1 is 0.867 bits per heavy atom. The van der Waals surface area contributed by atoms with Crippen molar-refractivity contribution in [2.75, 3.05) is 17.3 Å². The standard InChI is InChI=1S/C39H36N2O4/c1-23(2)21-25-13-15-26(16-14-25)36(42)34-35(37(43)27-17-19-28(45-4)20-18-27)41-32-12-8-5-9-29(32)24(3)22-33(41)39(34)30-10-6-7-11-31(30)40-38(39)44/h5-20,22-23,33-35H,21H2,1-4H3,(H,40,44). The first-order chi connectivity index (χ1) is 21.7. The average Bonchev–Trinajstić information content (AvgIpc) is 3.52. The van der Waals surface area contributed by atoms with Crippen LogP contribution in [0.2, 0.25) is 0 Å². The lowest BCUT2D eigenvalue weighted by Gasteiger charge is -2.39. The minimum Gasteiger partial charge on any atom is -0.497 e. The Balaban J connectivity index is 1.49. The van der Waals surface area contributed by atoms with E-state index in [0.29, 0.717) is 28.5 Å². The molecule has 0 saturated carbocycles. The van der Waals surface area contributed by atoms with E-state index in [9.17, 15) is 9.59 Å². The molecule has 0 bridgehead atoms. The predicted molar refractivity (Wildman–Crippen MR) is 177 cm³/mol. The number of fused-ring (bicyclic) bond motifs is 6. The van der Waals surface area contributed by atoms with Gasteiger partial charge in [0.1, 0.15) is 17.2 Å². The van der Waals surface area contributed by atoms with Crippen molar-refractivity contribution in [3.63, 3.8) is 0 Å². The van der Waals surface area contributed by atoms with E-state index >= 15 is 4.79 Å². The molecule has 6 heteroatoms. The molecule has 4 aromatic carbocycles. The third-order valence-corrected chi connectivity index (χ3v) is 9.69. The first-order valence-corrected chi connectivity index (χ1v) is 15.5. The monoisotopic (exact) mass is 596 g/mol. The maximum atomic E-state index is 15.1. The number of Topliss-reactive ketones (excluding diaryl/α,β-unsaturated/α-hetero) is 2. The van der Waals surface area contributed by atoms with E-state index in [1.807, 2.05) is 84.6 Å². The number of amides is 1. The maximum Gasteiger partial charge on any atom is 0.238 e. The molecule has 4 atom stereocenters. The van der Waals surface area contributed by atoms with Gasteiger partial charge in [0, 0.05) is 28.1 Å². The molecular formula is C39H36N2O4. The smallest absolute Gasteiger partial charge is 0.238 e. The maximum absolute atomic E-state index is 15.1. The summed E-state index contributed by atoms with van der Waals surface area (Å²) < 4.78 is 5.36. The Labute approximate surface area is 263 Å². The topological polar surface area (TPSA) is 75.7 Å². The zero-order chi connectivity index (χ0) is 31.5. The summed E-state index contributed by atoms with van der Waals surface area (Å²) in [5.74, 6) is -0.598. The van der Waals surface area contributed by atoms with Gasteiger partial charge in [0.25, 0.3) is 0 Å². The van der Waals surface area contributed by atoms with E-state index in [-0.39, 0.29) is 17.5 Å². The fraction of sp³-hybridized carbons (Fsp3) is 0.256. The molecule has 0 aliphatic carbocycles. The summed E-state index contributed by atoms with van der Waals surface area (Å²) in [6.07, 6.45) is 2.98. The van der Waals surface area contributed by atoms with Crippen LogP contribution in [0.3, 0.4) is 0 Å². The lowest BCUT2D eigenvalue weighted by Crippen LogP contribution is -2.51. The van der Waals surface area contributed by atoms with Gasteiger partial charge in [-0.25, -0.2) is 0 Å². The van der Waals surface area contributed by atoms with Crippen LogP contribution in [0.1, 0.15) is 58.2 Å². The van der Waals surface area contributed by atoms with Gasteiger partial charge in [-0.2, -0.15) is 0 Å². The molecule has 45 heavy (non-hydrogen) atoms. The fourth-order valence-electron chi connectivity index (χ4n) is 7.77. The van der Waals surface area contributed by atoms with Crippen molar-refractivity contribution in [3.8, 4) is 5.75 Å². The molecule has 4 unspecified atom stereocenters. The zero-order valence-electron chi connectivity index (χ0n) is 25.9. The van der Waals surface area contributed by atoms with Crippen LogP contribution < -0.4 is 15.0 Å². The summed E-state index contributed by atoms with van der Waals surface area (Å²) in [4.78, 5) is 46.6. The van der Waals surface area contributed by atoms with Gasteiger partial charge in [0.2, 0.25) is 5.91 Å². The molecule has 3 aliphatic heterocycles. The highest BCUT2D eigenvalue weighted by Crippen LogP contribution is 2.58. The van der Waals surface area contributed by atoms with Gasteiger partial charge in [-0.15, -0.1) is 0 Å². The molecule has 0 aromatic heterocycles. The van der Waals surface area contributed by atoms with Crippen molar-refractivity contribution in [3.05, 3.63) is 131 Å². The van der Waals surface area contributed by atoms with Crippen molar-refractivity contribution in [2.45, 2.75) is 44.7 Å². The summed E-state index contributed by atoms with van der Waals surface area (Å²) in [5.41, 5.74) is 4.99. The van der Waals surface area contributed by atoms with Gasteiger partial charge in [-0.3, -0.25) is 14.4 Å². The second-order valence-corrected chi connectivity index (χ2v) is 12.8. The van der Waals surface area contributed by atoms with Crippen LogP contribution >= 0.6 is 0 Å². The van der Waals surface area contributed by atoms with Gasteiger partial charge in [-0.1, -0.05) is 80.6 Å². The number of nitrogens with zero attached hydrogens (tertiary/aromatic N) is 1. The Morgan fingerprint density at radius 3 is 2.22 bits per heavy atom. The van der Waals surface area contributed by atoms with Crippen molar-refractivity contribution in [1.82, 2.24) is 0 Å². The summed E-state index contributed by atoms with van der Waals surface area (Å²) in [6, 6.07) is 28.7. The number of benzene rings is 4. The fourth-order valence-corrected chi connectivity index (χ4v) is 7.77. The second-order valence-electron chi connectivity index (χ2n) is 12.8. The van der Waals surface area contributed by atoms with Crippen LogP contribution in [-0.2, 0) is 16.6 Å². The van der Waals surface area contributed by atoms with Crippen LogP contribution in [0.4, 0.5) is 11.4 Å². The van der Waals surface area contributed by atoms with Crippen LogP contribution in [0.25, 0.3) is 5.57 Å². The molecule has 6 nitrogen and oxygen atoms in total. The number of rotatable bonds is 7. The molecule has 3 aliphatic rings. The molecule has 4 aromatic rings. The van der Waals surface area contributed by atoms with Gasteiger partial charge in [-0.05, 0) is 72.4 Å². The molecule has 0 radical (unpaired) electrons. The molecule has 7 rings (SSSR count). The summed E-state index contributed by atoms with van der Waals surface area (Å²) in [5, 5.41) is 3.11. The Kier molecular flexibility index (Phi) is 6.96. The third-order valence-electron chi connectivity index (χ3n) is 9.69. The number of carbonyl (C=O) groups is 3. The molecule has 1 spiro atoms. The average molecular weight is 597 g/mol. The van der Waals surface area contributed by atoms with Crippen molar-refractivity contribution in [2.24, 2.45) is 11.8 Å². The number of methoxy groups -OCH3 is 1. The highest BCUT2D eigenvalue weighted by atomic mass is 16.5. The summed E-state index contributed by atoms with van der Waals surface area (Å²) >= 11 is 0. The Hall–Kier alpha value is -4.97. The summed E-state index contributed by atoms with van der Waals surface area (Å²) in [6.45, 7) is 6.36. The zero-order valence-corrected chi connectivity index (χ0v) is 25.9. The lowest BCUT2D eigenvalue weighted by atomic mass is 9.64. The number of carbonyl (C=O) groups excluding carboxylic acids is 3. The third kappa shape index (κ3) is 4.34. The van der Waals surface area contributed by atoms with E-state index < -0.39 is 23.4 Å². The van der Waals surface area contributed by atoms with Crippen LogP contribution in [0.15, 0.2) is 103 Å². The number of hydrogen-bond acceptors (Lipinski definition) is 5. The van der Waals surface area contributed by atoms with E-state index in [0.717, 1.165) is 34.4 Å². The number of ether oxygens (including phenoxy) is 1. The van der Waals surface area contributed by atoms with E-state index in [1.54, 1.807) is 31.4 Å². The molecule has 3 heterocycles. The number of anilines is 2. The number of nitrogens with one attached hydrogen (secondary N) is 1. The van der Waals surface area contributed by atoms with E-state index in [4.69, 9.17) is 4.74 Å². The quantitative estimate of drug-likeness (QED) is 0.230. The largest absolute Gasteiger partial charge is 0.497 e. The van der Waals surface area contributed by atoms with Gasteiger partial charge in [0.15, 0.2) is 11.6 Å². The number of allylic oxidation sites excluding steroid dienone is 1. The van der Waals surface area contributed by atoms with Crippen LogP contribution in [0, 0.1) is 11.8 Å². The number of hydrogen-bond donors (Lipinski definition) is 1. The molecular weight excluding hydrogens is 560 g/mol. The summed E-state index contributed by atoms with van der Waals surface area (Å²) in [7, 11) is 1.58. The minimum atomic E-state index is -1.34. The van der Waals surface area contributed by atoms with E-state index in [2.05, 4.69) is 25.2 Å². The number of ketones is 2. The molecule has 1 N–H and O–H groups in total. The Bertz CT molecular complexity index is 1860. The van der Waals surface area contributed by atoms with Crippen LogP contribution in [-0.4, -0.2) is 36.7 Å². The van der Waals surface area contributed by atoms with Gasteiger partial charge >= 0.3 is 0 Å². The SMILES string of the molecule is COc1ccc(C(=O)C2C(C(=O)c3ccc(CC(C)C)cc3)C3(C(=O)Nc4ccccc43)C3C=C(C)c4ccccc4N23)cc1. The van der Waals surface area contributed by atoms with Crippen molar-refractivity contribution < 1.29 is 19.1 Å². The van der Waals surface area contributed by atoms with E-state index in [1.165, 1.54) is 0 Å². The Morgan fingerprint density at radius 2 is 1.51 bits per heavy atom. The predicted octanol–water partition coefficient (Wildman–Crippen LogP) is 7.14. The van der Waals surface area contributed by atoms with Gasteiger partial charge < -0.3 is 15.0 Å². The first kappa shape index (κ1) is 28.8.